The third-order valence-electron chi connectivity index (χ3n) is 4.22. The number of carbonyl (C=O) groups is 4. The minimum Gasteiger partial charge on any atom is -0.451 e. The van der Waals surface area contributed by atoms with Crippen LogP contribution in [0, 0.1) is 5.41 Å². The average molecular weight is 369 g/mol. The van der Waals surface area contributed by atoms with Crippen LogP contribution in [0.2, 0.25) is 0 Å². The lowest BCUT2D eigenvalue weighted by atomic mass is 9.95. The maximum atomic E-state index is 12.0. The standard InChI is InChI=1S/C18H31N3O5/c1-11(19-16(24)18(3,4)5)15(23)26-12(2)14(22)21-17(25)20-13-9-7-6-8-10-13/h11-13H,6-10H2,1-5H3,(H,19,24)(H2,20,21,22,25)/t11-,12-/m0/s1. The highest BCUT2D eigenvalue weighted by Crippen LogP contribution is 2.17. The number of hydrogen-bond acceptors (Lipinski definition) is 5. The fraction of sp³-hybridized carbons (Fsp3) is 0.778. The van der Waals surface area contributed by atoms with E-state index in [1.165, 1.54) is 13.8 Å². The Kier molecular flexibility index (Phi) is 8.05. The molecule has 0 aromatic rings. The van der Waals surface area contributed by atoms with Crippen molar-refractivity contribution in [3.63, 3.8) is 0 Å². The largest absolute Gasteiger partial charge is 0.451 e. The maximum Gasteiger partial charge on any atom is 0.329 e. The number of esters is 1. The van der Waals surface area contributed by atoms with Crippen LogP contribution in [0.3, 0.4) is 0 Å². The van der Waals surface area contributed by atoms with Crippen molar-refractivity contribution < 1.29 is 23.9 Å². The quantitative estimate of drug-likeness (QED) is 0.637. The molecule has 4 amide bonds. The zero-order valence-corrected chi connectivity index (χ0v) is 16.3. The molecule has 0 spiro atoms. The Balaban J connectivity index is 2.41. The molecule has 1 rings (SSSR count). The van der Waals surface area contributed by atoms with Crippen LogP contribution in [-0.2, 0) is 19.1 Å². The van der Waals surface area contributed by atoms with Crippen molar-refractivity contribution in [1.29, 1.82) is 0 Å². The molecule has 0 unspecified atom stereocenters. The zero-order valence-electron chi connectivity index (χ0n) is 16.3. The van der Waals surface area contributed by atoms with Crippen molar-refractivity contribution in [3.8, 4) is 0 Å². The van der Waals surface area contributed by atoms with E-state index in [2.05, 4.69) is 16.0 Å². The van der Waals surface area contributed by atoms with E-state index >= 15 is 0 Å². The van der Waals surface area contributed by atoms with Crippen LogP contribution in [0.1, 0.15) is 66.7 Å². The molecular weight excluding hydrogens is 338 g/mol. The van der Waals surface area contributed by atoms with Crippen molar-refractivity contribution in [2.45, 2.75) is 84.9 Å². The molecule has 1 saturated carbocycles. The van der Waals surface area contributed by atoms with Crippen LogP contribution in [0.15, 0.2) is 0 Å². The lowest BCUT2D eigenvalue weighted by molar-refractivity contribution is -0.157. The van der Waals surface area contributed by atoms with Gasteiger partial charge in [0, 0.05) is 11.5 Å². The van der Waals surface area contributed by atoms with Gasteiger partial charge in [-0.05, 0) is 26.7 Å². The van der Waals surface area contributed by atoms with Gasteiger partial charge in [0.05, 0.1) is 0 Å². The molecule has 26 heavy (non-hydrogen) atoms. The van der Waals surface area contributed by atoms with E-state index in [-0.39, 0.29) is 11.9 Å². The first-order valence-electron chi connectivity index (χ1n) is 9.13. The number of urea groups is 1. The van der Waals surface area contributed by atoms with E-state index in [0.29, 0.717) is 0 Å². The Morgan fingerprint density at radius 2 is 1.58 bits per heavy atom. The maximum absolute atomic E-state index is 12.0. The molecule has 3 N–H and O–H groups in total. The zero-order chi connectivity index (χ0) is 19.9. The van der Waals surface area contributed by atoms with E-state index in [9.17, 15) is 19.2 Å². The Bertz CT molecular complexity index is 535. The molecule has 0 radical (unpaired) electrons. The highest BCUT2D eigenvalue weighted by atomic mass is 16.5. The van der Waals surface area contributed by atoms with Crippen LogP contribution in [0.4, 0.5) is 4.79 Å². The normalized spacial score (nSPS) is 17.6. The van der Waals surface area contributed by atoms with Gasteiger partial charge in [-0.1, -0.05) is 40.0 Å². The molecule has 0 aromatic carbocycles. The number of hydrogen-bond donors (Lipinski definition) is 3. The Hall–Kier alpha value is -2.12. The van der Waals surface area contributed by atoms with Crippen molar-refractivity contribution in [1.82, 2.24) is 16.0 Å². The molecule has 0 heterocycles. The number of rotatable bonds is 5. The first kappa shape index (κ1) is 21.9. The Morgan fingerprint density at radius 3 is 2.12 bits per heavy atom. The summed E-state index contributed by atoms with van der Waals surface area (Å²) in [6.07, 6.45) is 3.94. The van der Waals surface area contributed by atoms with Crippen LogP contribution in [-0.4, -0.2) is 42.0 Å². The molecule has 0 saturated heterocycles. The second-order valence-corrected chi connectivity index (χ2v) is 7.82. The van der Waals surface area contributed by atoms with Crippen LogP contribution < -0.4 is 16.0 Å². The van der Waals surface area contributed by atoms with E-state index < -0.39 is 35.5 Å². The van der Waals surface area contributed by atoms with Gasteiger partial charge in [0.1, 0.15) is 6.04 Å². The van der Waals surface area contributed by atoms with E-state index in [1.54, 1.807) is 20.8 Å². The third-order valence-corrected chi connectivity index (χ3v) is 4.22. The smallest absolute Gasteiger partial charge is 0.329 e. The number of ether oxygens (including phenoxy) is 1. The molecular formula is C18H31N3O5. The summed E-state index contributed by atoms with van der Waals surface area (Å²) in [4.78, 5) is 47.7. The van der Waals surface area contributed by atoms with Crippen molar-refractivity contribution in [2.75, 3.05) is 0 Å². The summed E-state index contributed by atoms with van der Waals surface area (Å²) in [5, 5.41) is 7.47. The number of nitrogens with one attached hydrogen (secondary N) is 3. The minimum atomic E-state index is -1.14. The van der Waals surface area contributed by atoms with Crippen molar-refractivity contribution in [3.05, 3.63) is 0 Å². The van der Waals surface area contributed by atoms with Gasteiger partial charge in [0.25, 0.3) is 5.91 Å². The predicted octanol–water partition coefficient (Wildman–Crippen LogP) is 1.63. The van der Waals surface area contributed by atoms with Gasteiger partial charge in [-0.2, -0.15) is 0 Å². The highest BCUT2D eigenvalue weighted by Gasteiger charge is 2.28. The first-order chi connectivity index (χ1) is 12.0. The number of imide groups is 1. The molecule has 1 aliphatic carbocycles. The van der Waals surface area contributed by atoms with Crippen molar-refractivity contribution >= 4 is 23.8 Å². The molecule has 8 heteroatoms. The summed E-state index contributed by atoms with van der Waals surface area (Å²) < 4.78 is 5.03. The Labute approximate surface area is 154 Å². The monoisotopic (exact) mass is 369 g/mol. The van der Waals surface area contributed by atoms with E-state index in [0.717, 1.165) is 32.1 Å². The average Bonchev–Trinajstić information content (AvgIpc) is 2.54. The lowest BCUT2D eigenvalue weighted by Gasteiger charge is -2.23. The molecule has 0 bridgehead atoms. The molecule has 0 aliphatic heterocycles. The molecule has 148 valence electrons. The Morgan fingerprint density at radius 1 is 1.00 bits per heavy atom. The van der Waals surface area contributed by atoms with Gasteiger partial charge < -0.3 is 15.4 Å². The molecule has 1 fully saturated rings. The van der Waals surface area contributed by atoms with E-state index in [4.69, 9.17) is 4.74 Å². The molecule has 1 aliphatic rings. The van der Waals surface area contributed by atoms with Gasteiger partial charge in [-0.15, -0.1) is 0 Å². The summed E-state index contributed by atoms with van der Waals surface area (Å²) in [5.74, 6) is -1.75. The summed E-state index contributed by atoms with van der Waals surface area (Å²) >= 11 is 0. The minimum absolute atomic E-state index is 0.0713. The molecule has 0 aromatic heterocycles. The lowest BCUT2D eigenvalue weighted by Crippen LogP contribution is -2.50. The second kappa shape index (κ2) is 9.54. The van der Waals surface area contributed by atoms with E-state index in [1.807, 2.05) is 0 Å². The summed E-state index contributed by atoms with van der Waals surface area (Å²) in [7, 11) is 0. The van der Waals surface area contributed by atoms with Gasteiger partial charge in [-0.25, -0.2) is 9.59 Å². The number of amides is 4. The summed E-state index contributed by atoms with van der Waals surface area (Å²) in [6, 6.07) is -1.41. The van der Waals surface area contributed by atoms with Crippen LogP contribution in [0.5, 0.6) is 0 Å². The number of carbonyl (C=O) groups excluding carboxylic acids is 4. The van der Waals surface area contributed by atoms with Crippen LogP contribution in [0.25, 0.3) is 0 Å². The van der Waals surface area contributed by atoms with Gasteiger partial charge >= 0.3 is 12.0 Å². The topological polar surface area (TPSA) is 114 Å². The summed E-state index contributed by atoms with van der Waals surface area (Å²) in [5.41, 5.74) is -0.644. The fourth-order valence-electron chi connectivity index (χ4n) is 2.48. The van der Waals surface area contributed by atoms with Gasteiger partial charge in [0.15, 0.2) is 6.10 Å². The van der Waals surface area contributed by atoms with Gasteiger partial charge in [-0.3, -0.25) is 14.9 Å². The van der Waals surface area contributed by atoms with Crippen molar-refractivity contribution in [2.24, 2.45) is 5.41 Å². The van der Waals surface area contributed by atoms with Crippen LogP contribution >= 0.6 is 0 Å². The van der Waals surface area contributed by atoms with Gasteiger partial charge in [0.2, 0.25) is 5.91 Å². The SMILES string of the molecule is C[C@H](NC(=O)C(C)(C)C)C(=O)O[C@@H](C)C(=O)NC(=O)NC1CCCCC1. The summed E-state index contributed by atoms with van der Waals surface area (Å²) in [6.45, 7) is 8.02. The third kappa shape index (κ3) is 7.41. The first-order valence-corrected chi connectivity index (χ1v) is 9.13. The molecule has 8 nitrogen and oxygen atoms in total. The highest BCUT2D eigenvalue weighted by molar-refractivity contribution is 5.97. The second-order valence-electron chi connectivity index (χ2n) is 7.82. The predicted molar refractivity (Wildman–Crippen MR) is 96.2 cm³/mol. The molecule has 2 atom stereocenters. The fourth-order valence-corrected chi connectivity index (χ4v) is 2.48.